The van der Waals surface area contributed by atoms with Crippen LogP contribution in [-0.4, -0.2) is 0 Å². The van der Waals surface area contributed by atoms with E-state index in [-0.39, 0.29) is 11.8 Å². The lowest BCUT2D eigenvalue weighted by Crippen LogP contribution is -2.18. The molecule has 0 amide bonds. The van der Waals surface area contributed by atoms with Crippen LogP contribution in [0.1, 0.15) is 16.7 Å². The van der Waals surface area contributed by atoms with Crippen molar-refractivity contribution in [2.75, 3.05) is 5.73 Å². The molecule has 0 aliphatic heterocycles. The van der Waals surface area contributed by atoms with E-state index in [0.717, 1.165) is 13.0 Å². The molecular formula is C9H7F6N. The Hall–Kier alpha value is -1.40. The number of rotatable bonds is 0. The van der Waals surface area contributed by atoms with Crippen molar-refractivity contribution < 1.29 is 26.3 Å². The summed E-state index contributed by atoms with van der Waals surface area (Å²) in [6.07, 6.45) is -10.1. The Labute approximate surface area is 86.9 Å². The van der Waals surface area contributed by atoms with Gasteiger partial charge in [-0.2, -0.15) is 26.3 Å². The maximum atomic E-state index is 12.4. The lowest BCUT2D eigenvalue weighted by atomic mass is 10.00. The third-order valence-electron chi connectivity index (χ3n) is 1.95. The van der Waals surface area contributed by atoms with Gasteiger partial charge >= 0.3 is 12.4 Å². The predicted molar refractivity (Wildman–Crippen MR) is 45.6 cm³/mol. The first-order valence-corrected chi connectivity index (χ1v) is 4.08. The highest BCUT2D eigenvalue weighted by Crippen LogP contribution is 2.42. The second-order valence-corrected chi connectivity index (χ2v) is 3.26. The van der Waals surface area contributed by atoms with Crippen LogP contribution in [0.2, 0.25) is 0 Å². The van der Waals surface area contributed by atoms with Gasteiger partial charge in [0.15, 0.2) is 0 Å². The fourth-order valence-electron chi connectivity index (χ4n) is 1.41. The van der Waals surface area contributed by atoms with Crippen LogP contribution >= 0.6 is 0 Å². The number of aryl methyl sites for hydroxylation is 1. The van der Waals surface area contributed by atoms with Crippen molar-refractivity contribution in [3.05, 3.63) is 28.8 Å². The molecule has 0 radical (unpaired) electrons. The van der Waals surface area contributed by atoms with E-state index < -0.39 is 29.0 Å². The molecule has 0 saturated heterocycles. The van der Waals surface area contributed by atoms with Crippen molar-refractivity contribution in [1.29, 1.82) is 0 Å². The van der Waals surface area contributed by atoms with Crippen molar-refractivity contribution in [3.8, 4) is 0 Å². The molecule has 0 heterocycles. The van der Waals surface area contributed by atoms with E-state index in [1.807, 2.05) is 0 Å². The molecule has 1 nitrogen and oxygen atoms in total. The lowest BCUT2D eigenvalue weighted by Gasteiger charge is -2.18. The Kier molecular flexibility index (Phi) is 2.82. The van der Waals surface area contributed by atoms with E-state index in [1.165, 1.54) is 0 Å². The highest BCUT2D eigenvalue weighted by molar-refractivity contribution is 5.51. The molecule has 0 aromatic heterocycles. The van der Waals surface area contributed by atoms with Crippen LogP contribution in [0.3, 0.4) is 0 Å². The van der Waals surface area contributed by atoms with Crippen LogP contribution in [0.5, 0.6) is 0 Å². The number of anilines is 1. The highest BCUT2D eigenvalue weighted by Gasteiger charge is 2.44. The number of halogens is 6. The molecule has 16 heavy (non-hydrogen) atoms. The number of hydrogen-bond donors (Lipinski definition) is 1. The zero-order valence-electron chi connectivity index (χ0n) is 8.00. The molecule has 90 valence electrons. The average Bonchev–Trinajstić information content (AvgIpc) is 1.97. The Balaban J connectivity index is 3.58. The zero-order valence-corrected chi connectivity index (χ0v) is 8.00. The molecule has 2 N–H and O–H groups in total. The Morgan fingerprint density at radius 1 is 0.938 bits per heavy atom. The molecule has 0 saturated carbocycles. The van der Waals surface area contributed by atoms with Crippen LogP contribution in [0, 0.1) is 6.92 Å². The van der Waals surface area contributed by atoms with Gasteiger partial charge in [0.1, 0.15) is 0 Å². The topological polar surface area (TPSA) is 26.0 Å². The minimum atomic E-state index is -5.08. The van der Waals surface area contributed by atoms with E-state index in [9.17, 15) is 26.3 Å². The van der Waals surface area contributed by atoms with Crippen molar-refractivity contribution in [2.45, 2.75) is 19.3 Å². The third kappa shape index (κ3) is 2.40. The monoisotopic (exact) mass is 243 g/mol. The van der Waals surface area contributed by atoms with Gasteiger partial charge in [0, 0.05) is 5.69 Å². The fourth-order valence-corrected chi connectivity index (χ4v) is 1.41. The predicted octanol–water partition coefficient (Wildman–Crippen LogP) is 3.61. The molecule has 0 aliphatic carbocycles. The average molecular weight is 243 g/mol. The molecule has 1 aromatic rings. The van der Waals surface area contributed by atoms with E-state index in [2.05, 4.69) is 0 Å². The van der Waals surface area contributed by atoms with Gasteiger partial charge in [0.2, 0.25) is 0 Å². The first kappa shape index (κ1) is 12.7. The normalized spacial score (nSPS) is 12.9. The van der Waals surface area contributed by atoms with Gasteiger partial charge in [-0.05, 0) is 24.6 Å². The van der Waals surface area contributed by atoms with Crippen molar-refractivity contribution >= 4 is 5.69 Å². The van der Waals surface area contributed by atoms with Gasteiger partial charge in [-0.3, -0.25) is 0 Å². The SMILES string of the molecule is Cc1cc(N)cc(C(F)(F)F)c1C(F)(F)F. The molecule has 0 bridgehead atoms. The maximum Gasteiger partial charge on any atom is 0.417 e. The molecular weight excluding hydrogens is 236 g/mol. The Bertz CT molecular complexity index is 404. The molecule has 0 unspecified atom stereocenters. The van der Waals surface area contributed by atoms with Crippen LogP contribution in [0.25, 0.3) is 0 Å². The summed E-state index contributed by atoms with van der Waals surface area (Å²) < 4.78 is 74.4. The van der Waals surface area contributed by atoms with Gasteiger partial charge in [0.25, 0.3) is 0 Å². The highest BCUT2D eigenvalue weighted by atomic mass is 19.4. The van der Waals surface area contributed by atoms with Crippen LogP contribution in [0.15, 0.2) is 12.1 Å². The summed E-state index contributed by atoms with van der Waals surface area (Å²) in [4.78, 5) is 0. The molecule has 0 aliphatic rings. The van der Waals surface area contributed by atoms with Crippen molar-refractivity contribution in [2.24, 2.45) is 0 Å². The molecule has 0 fully saturated rings. The van der Waals surface area contributed by atoms with Gasteiger partial charge < -0.3 is 5.73 Å². The molecule has 1 rings (SSSR count). The van der Waals surface area contributed by atoms with E-state index in [1.54, 1.807) is 0 Å². The summed E-state index contributed by atoms with van der Waals surface area (Å²) in [5.41, 5.74) is 0.772. The Morgan fingerprint density at radius 2 is 1.44 bits per heavy atom. The lowest BCUT2D eigenvalue weighted by molar-refractivity contribution is -0.162. The summed E-state index contributed by atoms with van der Waals surface area (Å²) >= 11 is 0. The molecule has 1 aromatic carbocycles. The summed E-state index contributed by atoms with van der Waals surface area (Å²) in [6, 6.07) is 1.15. The van der Waals surface area contributed by atoms with E-state index in [4.69, 9.17) is 5.73 Å². The number of nitrogen functional groups attached to an aromatic ring is 1. The number of benzene rings is 1. The van der Waals surface area contributed by atoms with Crippen LogP contribution in [-0.2, 0) is 12.4 Å². The van der Waals surface area contributed by atoms with Crippen LogP contribution in [0.4, 0.5) is 32.0 Å². The fraction of sp³-hybridized carbons (Fsp3) is 0.333. The largest absolute Gasteiger partial charge is 0.417 e. The van der Waals surface area contributed by atoms with Gasteiger partial charge in [0.05, 0.1) is 11.1 Å². The second kappa shape index (κ2) is 3.57. The molecule has 7 heteroatoms. The van der Waals surface area contributed by atoms with Gasteiger partial charge in [-0.25, -0.2) is 0 Å². The minimum absolute atomic E-state index is 0.288. The minimum Gasteiger partial charge on any atom is -0.399 e. The summed E-state index contributed by atoms with van der Waals surface area (Å²) in [7, 11) is 0. The van der Waals surface area contributed by atoms with Gasteiger partial charge in [-0.15, -0.1) is 0 Å². The summed E-state index contributed by atoms with van der Waals surface area (Å²) in [5, 5.41) is 0. The maximum absolute atomic E-state index is 12.4. The van der Waals surface area contributed by atoms with E-state index in [0.29, 0.717) is 0 Å². The van der Waals surface area contributed by atoms with Gasteiger partial charge in [-0.1, -0.05) is 0 Å². The molecule has 0 spiro atoms. The van der Waals surface area contributed by atoms with Crippen LogP contribution < -0.4 is 5.73 Å². The standard InChI is InChI=1S/C9H7F6N/c1-4-2-5(16)3-6(8(10,11)12)7(4)9(13,14)15/h2-3H,16H2,1H3. The van der Waals surface area contributed by atoms with Crippen molar-refractivity contribution in [1.82, 2.24) is 0 Å². The van der Waals surface area contributed by atoms with Crippen molar-refractivity contribution in [3.63, 3.8) is 0 Å². The summed E-state index contributed by atoms with van der Waals surface area (Å²) in [5.74, 6) is 0. The Morgan fingerprint density at radius 3 is 1.81 bits per heavy atom. The number of hydrogen-bond acceptors (Lipinski definition) is 1. The van der Waals surface area contributed by atoms with E-state index >= 15 is 0 Å². The second-order valence-electron chi connectivity index (χ2n) is 3.26. The molecule has 0 atom stereocenters. The first-order valence-electron chi connectivity index (χ1n) is 4.08. The smallest absolute Gasteiger partial charge is 0.399 e. The number of alkyl halides is 6. The first-order chi connectivity index (χ1) is 7.03. The zero-order chi connectivity index (χ0) is 12.7. The summed E-state index contributed by atoms with van der Waals surface area (Å²) in [6.45, 7) is 0.939. The number of nitrogens with two attached hydrogens (primary N) is 1. The third-order valence-corrected chi connectivity index (χ3v) is 1.95. The quantitative estimate of drug-likeness (QED) is 0.546.